The molecule has 0 unspecified atom stereocenters. The molecule has 2 aliphatic rings. The minimum Gasteiger partial charge on any atom is -0.494 e. The highest BCUT2D eigenvalue weighted by atomic mass is 32.1. The molecule has 4 heterocycles. The average Bonchev–Trinajstić information content (AvgIpc) is 4.16. The van der Waals surface area contributed by atoms with Crippen LogP contribution < -0.4 is 35.1 Å². The van der Waals surface area contributed by atoms with Gasteiger partial charge >= 0.3 is 5.97 Å². The highest BCUT2D eigenvalue weighted by molar-refractivity contribution is 7.35. The van der Waals surface area contributed by atoms with Gasteiger partial charge in [0.1, 0.15) is 11.5 Å². The number of carboxylic acids is 1. The van der Waals surface area contributed by atoms with Gasteiger partial charge in [-0.1, -0.05) is 139 Å². The number of unbranched alkanes of at least 4 members (excludes halogenated alkanes) is 6. The zero-order valence-corrected chi connectivity index (χ0v) is 44.3. The normalized spacial score (nSPS) is 13.9. The summed E-state index contributed by atoms with van der Waals surface area (Å²) < 4.78 is 12.3. The number of anilines is 3. The van der Waals surface area contributed by atoms with E-state index in [9.17, 15) is 9.90 Å². The SMILES string of the molecule is CCCCCCOc1ccc(N(c2ccc(OCCCCCC)cc2)c2ccc(-c3cc4c(s3)-c3sc(C=CC5=Nc6ccc(C(=O)O)cc6C5(C)C)cc3[Si]4(c3ccccc3)c3ccccc3)cc2)cc1. The van der Waals surface area contributed by atoms with Gasteiger partial charge in [-0.05, 0) is 148 Å². The van der Waals surface area contributed by atoms with Crippen molar-refractivity contribution in [1.29, 1.82) is 0 Å². The van der Waals surface area contributed by atoms with Gasteiger partial charge < -0.3 is 19.5 Å². The lowest BCUT2D eigenvalue weighted by Crippen LogP contribution is -2.72. The van der Waals surface area contributed by atoms with Crippen molar-refractivity contribution in [3.63, 3.8) is 0 Å². The van der Waals surface area contributed by atoms with Crippen molar-refractivity contribution in [1.82, 2.24) is 0 Å². The number of nitrogens with zero attached hydrogens (tertiary/aromatic N) is 2. The summed E-state index contributed by atoms with van der Waals surface area (Å²) in [5.74, 6) is 0.852. The first-order valence-electron chi connectivity index (χ1n) is 25.6. The van der Waals surface area contributed by atoms with Crippen molar-refractivity contribution in [2.45, 2.75) is 84.5 Å². The first-order valence-corrected chi connectivity index (χ1v) is 29.2. The summed E-state index contributed by atoms with van der Waals surface area (Å²) in [5, 5.41) is 15.3. The van der Waals surface area contributed by atoms with Gasteiger partial charge in [0.15, 0.2) is 8.07 Å². The lowest BCUT2D eigenvalue weighted by Gasteiger charge is -2.30. The number of fused-ring (bicyclic) bond motifs is 4. The number of benzene rings is 6. The molecular weight excluding hydrogens is 941 g/mol. The van der Waals surface area contributed by atoms with Crippen LogP contribution in [0.2, 0.25) is 0 Å². The van der Waals surface area contributed by atoms with Crippen molar-refractivity contribution in [2.75, 3.05) is 18.1 Å². The molecule has 0 saturated heterocycles. The standard InChI is InChI=1S/C63H62N2O4S2Si/c1-5-7-9-17-39-68-49-32-28-47(29-33-49)65(48-30-34-50(35-31-48)69-40-18-10-8-6-2)46-26-23-44(24-27-46)56-43-58-61(71-56)60-57(72(58,52-19-13-11-14-20-52)53-21-15-12-16-22-53)42-51(70-60)36-38-59-63(3,4)54-41-45(62(66)67)25-37-55(54)64-59/h11-16,19-38,41-43H,5-10,17-18,39-40H2,1-4H3,(H,66,67). The number of aliphatic imine (C=N–C) groups is 1. The summed E-state index contributed by atoms with van der Waals surface area (Å²) in [7, 11) is -2.76. The Kier molecular flexibility index (Phi) is 14.6. The van der Waals surface area contributed by atoms with E-state index in [1.807, 2.05) is 28.7 Å². The molecule has 8 aromatic rings. The zero-order chi connectivity index (χ0) is 49.7. The number of aromatic carboxylic acids is 1. The molecule has 0 fully saturated rings. The van der Waals surface area contributed by atoms with Gasteiger partial charge in [-0.25, -0.2) is 4.79 Å². The van der Waals surface area contributed by atoms with Crippen LogP contribution in [0, 0.1) is 0 Å². The third-order valence-electron chi connectivity index (χ3n) is 14.2. The van der Waals surface area contributed by atoms with Crippen LogP contribution in [0.4, 0.5) is 22.7 Å². The van der Waals surface area contributed by atoms with Crippen LogP contribution in [0.15, 0.2) is 175 Å². The van der Waals surface area contributed by atoms with Crippen LogP contribution in [0.25, 0.3) is 26.3 Å². The van der Waals surface area contributed by atoms with E-state index >= 15 is 0 Å². The van der Waals surface area contributed by atoms with Gasteiger partial charge in [0.2, 0.25) is 0 Å². The largest absolute Gasteiger partial charge is 0.494 e. The lowest BCUT2D eigenvalue weighted by molar-refractivity contribution is 0.0696. The fourth-order valence-corrected chi connectivity index (χ4v) is 19.1. The van der Waals surface area contributed by atoms with E-state index in [0.29, 0.717) is 0 Å². The Morgan fingerprint density at radius 1 is 0.611 bits per heavy atom. The number of carbonyl (C=O) groups is 1. The Bertz CT molecular complexity index is 3110. The van der Waals surface area contributed by atoms with Crippen molar-refractivity contribution in [2.24, 2.45) is 4.99 Å². The van der Waals surface area contributed by atoms with E-state index in [-0.39, 0.29) is 5.56 Å². The van der Waals surface area contributed by atoms with Crippen LogP contribution in [0.3, 0.4) is 0 Å². The van der Waals surface area contributed by atoms with E-state index in [0.717, 1.165) is 71.6 Å². The molecule has 364 valence electrons. The summed E-state index contributed by atoms with van der Waals surface area (Å²) in [6.45, 7) is 10.2. The van der Waals surface area contributed by atoms with Crippen LogP contribution in [-0.4, -0.2) is 38.1 Å². The van der Waals surface area contributed by atoms with E-state index in [1.54, 1.807) is 12.1 Å². The molecular formula is C63H62N2O4S2Si. The number of allylic oxidation sites excluding steroid dienone is 1. The molecule has 10 rings (SSSR count). The zero-order valence-electron chi connectivity index (χ0n) is 41.7. The second-order valence-corrected chi connectivity index (χ2v) is 25.3. The number of thiophene rings is 2. The molecule has 0 radical (unpaired) electrons. The topological polar surface area (TPSA) is 71.4 Å². The Morgan fingerprint density at radius 3 is 1.68 bits per heavy atom. The number of hydrogen-bond donors (Lipinski definition) is 1. The molecule has 6 nitrogen and oxygen atoms in total. The van der Waals surface area contributed by atoms with Crippen molar-refractivity contribution in [3.05, 3.63) is 186 Å². The molecule has 6 aromatic carbocycles. The summed E-state index contributed by atoms with van der Waals surface area (Å²) >= 11 is 3.76. The fourth-order valence-electron chi connectivity index (χ4n) is 10.4. The predicted octanol–water partition coefficient (Wildman–Crippen LogP) is 15.0. The second-order valence-electron chi connectivity index (χ2n) is 19.4. The van der Waals surface area contributed by atoms with Gasteiger partial charge in [-0.2, -0.15) is 0 Å². The minimum atomic E-state index is -2.76. The Labute approximate surface area is 434 Å². The number of rotatable bonds is 21. The van der Waals surface area contributed by atoms with Crippen LogP contribution >= 0.6 is 22.7 Å². The number of ether oxygens (including phenoxy) is 2. The molecule has 0 amide bonds. The van der Waals surface area contributed by atoms with E-state index in [4.69, 9.17) is 14.5 Å². The van der Waals surface area contributed by atoms with E-state index < -0.39 is 19.5 Å². The fraction of sp³-hybridized carbons (Fsp3) is 0.238. The molecule has 9 heteroatoms. The third kappa shape index (κ3) is 9.65. The highest BCUT2D eigenvalue weighted by Gasteiger charge is 2.51. The van der Waals surface area contributed by atoms with Crippen LogP contribution in [0.5, 0.6) is 11.5 Å². The second kappa shape index (κ2) is 21.5. The lowest BCUT2D eigenvalue weighted by atomic mass is 9.81. The maximum atomic E-state index is 11.9. The molecule has 1 N–H and O–H groups in total. The Morgan fingerprint density at radius 2 is 1.14 bits per heavy atom. The van der Waals surface area contributed by atoms with Crippen LogP contribution in [-0.2, 0) is 5.41 Å². The van der Waals surface area contributed by atoms with E-state index in [1.165, 1.54) is 84.3 Å². The molecule has 0 spiro atoms. The summed E-state index contributed by atoms with van der Waals surface area (Å²) in [5.41, 5.74) is 6.90. The summed E-state index contributed by atoms with van der Waals surface area (Å²) in [6, 6.07) is 58.6. The average molecular weight is 1000 g/mol. The van der Waals surface area contributed by atoms with Crippen LogP contribution in [0.1, 0.15) is 99.9 Å². The summed E-state index contributed by atoms with van der Waals surface area (Å²) in [6.07, 6.45) is 13.8. The first-order chi connectivity index (χ1) is 35.2. The minimum absolute atomic E-state index is 0.282. The van der Waals surface area contributed by atoms with Crippen molar-refractivity contribution < 1.29 is 19.4 Å². The molecule has 0 atom stereocenters. The maximum Gasteiger partial charge on any atom is 0.335 e. The van der Waals surface area contributed by atoms with Crippen molar-refractivity contribution in [3.8, 4) is 31.7 Å². The van der Waals surface area contributed by atoms with Gasteiger partial charge in [0.05, 0.1) is 30.2 Å². The van der Waals surface area contributed by atoms with Gasteiger partial charge in [0, 0.05) is 42.0 Å². The Hall–Kier alpha value is -6.78. The molecule has 2 aromatic heterocycles. The summed E-state index contributed by atoms with van der Waals surface area (Å²) in [4.78, 5) is 24.3. The van der Waals surface area contributed by atoms with Crippen molar-refractivity contribution >= 4 is 92.0 Å². The Balaban J connectivity index is 0.999. The molecule has 0 bridgehead atoms. The van der Waals surface area contributed by atoms with E-state index in [2.05, 4.69) is 190 Å². The quantitative estimate of drug-likeness (QED) is 0.0574. The number of carboxylic acid groups (broad SMARTS) is 1. The monoisotopic (exact) mass is 1000 g/mol. The van der Waals surface area contributed by atoms with Gasteiger partial charge in [0.25, 0.3) is 0 Å². The van der Waals surface area contributed by atoms with Gasteiger partial charge in [-0.3, -0.25) is 4.99 Å². The molecule has 0 aliphatic carbocycles. The first kappa shape index (κ1) is 48.8. The molecule has 72 heavy (non-hydrogen) atoms. The van der Waals surface area contributed by atoms with Gasteiger partial charge in [-0.15, -0.1) is 22.7 Å². The maximum absolute atomic E-state index is 11.9. The third-order valence-corrected chi connectivity index (χ3v) is 21.9. The molecule has 2 aliphatic heterocycles. The molecule has 0 saturated carbocycles. The highest BCUT2D eigenvalue weighted by Crippen LogP contribution is 2.45. The smallest absolute Gasteiger partial charge is 0.335 e. The number of hydrogen-bond acceptors (Lipinski definition) is 7. The predicted molar refractivity (Wildman–Crippen MR) is 307 cm³/mol.